The van der Waals surface area contributed by atoms with Crippen LogP contribution in [0.3, 0.4) is 0 Å². The Balaban J connectivity index is 1.89. The molecule has 0 radical (unpaired) electrons. The SMILES string of the molecule is NN1C(=O)C2C3C=CC(c4ccccc4)(S3)C2C1=O. The van der Waals surface area contributed by atoms with Crippen LogP contribution in [-0.4, -0.2) is 22.1 Å². The Hall–Kier alpha value is -1.59. The summed E-state index contributed by atoms with van der Waals surface area (Å²) in [5, 5.41) is 0.877. The van der Waals surface area contributed by atoms with E-state index in [2.05, 4.69) is 6.08 Å². The summed E-state index contributed by atoms with van der Waals surface area (Å²) in [4.78, 5) is 24.4. The van der Waals surface area contributed by atoms with Crippen molar-refractivity contribution in [2.45, 2.75) is 10.00 Å². The normalized spacial score (nSPS) is 39.2. The number of nitrogens with zero attached hydrogens (tertiary/aromatic N) is 1. The van der Waals surface area contributed by atoms with Gasteiger partial charge in [0, 0.05) is 5.25 Å². The smallest absolute Gasteiger partial charge is 0.249 e. The first-order valence-electron chi connectivity index (χ1n) is 6.20. The van der Waals surface area contributed by atoms with Crippen molar-refractivity contribution < 1.29 is 9.59 Å². The number of carbonyl (C=O) groups excluding carboxylic acids is 2. The monoisotopic (exact) mass is 272 g/mol. The maximum absolute atomic E-state index is 12.3. The van der Waals surface area contributed by atoms with Crippen LogP contribution in [0, 0.1) is 11.8 Å². The average molecular weight is 272 g/mol. The molecule has 2 fully saturated rings. The van der Waals surface area contributed by atoms with Crippen molar-refractivity contribution >= 4 is 23.6 Å². The molecule has 0 saturated carbocycles. The standard InChI is InChI=1S/C14H12N2O2S/c15-16-12(17)10-9-6-7-14(19-9,11(10)13(16)18)8-4-2-1-3-5-8/h1-7,9-11H,15H2. The lowest BCUT2D eigenvalue weighted by Gasteiger charge is -2.29. The van der Waals surface area contributed by atoms with Crippen LogP contribution < -0.4 is 5.84 Å². The second-order valence-electron chi connectivity index (χ2n) is 5.15. The van der Waals surface area contributed by atoms with E-state index in [-0.39, 0.29) is 28.9 Å². The lowest BCUT2D eigenvalue weighted by Crippen LogP contribution is -2.40. The second-order valence-corrected chi connectivity index (χ2v) is 6.61. The number of fused-ring (bicyclic) bond motifs is 5. The molecular formula is C14H12N2O2S. The van der Waals surface area contributed by atoms with Crippen molar-refractivity contribution in [2.24, 2.45) is 17.7 Å². The third-order valence-corrected chi connectivity index (χ3v) is 6.03. The number of thioether (sulfide) groups is 1. The number of benzene rings is 1. The topological polar surface area (TPSA) is 63.4 Å². The molecule has 3 aliphatic rings. The van der Waals surface area contributed by atoms with E-state index in [4.69, 9.17) is 5.84 Å². The molecule has 1 aromatic carbocycles. The van der Waals surface area contributed by atoms with Crippen LogP contribution in [-0.2, 0) is 14.3 Å². The van der Waals surface area contributed by atoms with E-state index >= 15 is 0 Å². The summed E-state index contributed by atoms with van der Waals surface area (Å²) in [5.41, 5.74) is 1.07. The van der Waals surface area contributed by atoms with Crippen LogP contribution >= 0.6 is 11.8 Å². The highest BCUT2D eigenvalue weighted by Crippen LogP contribution is 2.64. The maximum Gasteiger partial charge on any atom is 0.249 e. The lowest BCUT2D eigenvalue weighted by molar-refractivity contribution is -0.140. The van der Waals surface area contributed by atoms with Gasteiger partial charge >= 0.3 is 0 Å². The molecular weight excluding hydrogens is 260 g/mol. The first-order chi connectivity index (χ1) is 9.15. The molecule has 0 aromatic heterocycles. The predicted molar refractivity (Wildman–Crippen MR) is 71.7 cm³/mol. The van der Waals surface area contributed by atoms with Crippen molar-refractivity contribution in [2.75, 3.05) is 0 Å². The van der Waals surface area contributed by atoms with E-state index in [0.29, 0.717) is 0 Å². The molecule has 2 bridgehead atoms. The molecule has 4 rings (SSSR count). The van der Waals surface area contributed by atoms with Gasteiger partial charge in [0.15, 0.2) is 0 Å². The van der Waals surface area contributed by atoms with Crippen molar-refractivity contribution in [3.05, 3.63) is 48.0 Å². The summed E-state index contributed by atoms with van der Waals surface area (Å²) in [7, 11) is 0. The van der Waals surface area contributed by atoms with Crippen molar-refractivity contribution in [3.8, 4) is 0 Å². The second kappa shape index (κ2) is 3.49. The third-order valence-electron chi connectivity index (χ3n) is 4.29. The number of hydrogen-bond acceptors (Lipinski definition) is 4. The highest BCUT2D eigenvalue weighted by molar-refractivity contribution is 8.01. The number of carbonyl (C=O) groups is 2. The minimum atomic E-state index is -0.419. The van der Waals surface area contributed by atoms with Gasteiger partial charge in [0.05, 0.1) is 16.6 Å². The molecule has 3 heterocycles. The van der Waals surface area contributed by atoms with Gasteiger partial charge in [0.25, 0.3) is 0 Å². The number of nitrogens with two attached hydrogens (primary N) is 1. The summed E-state index contributed by atoms with van der Waals surface area (Å²) in [5.74, 6) is 4.45. The quantitative estimate of drug-likeness (QED) is 0.359. The van der Waals surface area contributed by atoms with E-state index < -0.39 is 4.75 Å². The molecule has 2 saturated heterocycles. The van der Waals surface area contributed by atoms with Gasteiger partial charge in [-0.05, 0) is 5.56 Å². The molecule has 1 aromatic rings. The summed E-state index contributed by atoms with van der Waals surface area (Å²) >= 11 is 1.70. The van der Waals surface area contributed by atoms with Crippen molar-refractivity contribution in [1.82, 2.24) is 5.01 Å². The van der Waals surface area contributed by atoms with Crippen LogP contribution in [0.4, 0.5) is 0 Å². The Morgan fingerprint density at radius 2 is 1.89 bits per heavy atom. The van der Waals surface area contributed by atoms with E-state index in [1.807, 2.05) is 36.4 Å². The molecule has 2 N–H and O–H groups in total. The number of amides is 2. The Kier molecular flexibility index (Phi) is 2.07. The van der Waals surface area contributed by atoms with Crippen LogP contribution in [0.15, 0.2) is 42.5 Å². The zero-order valence-corrected chi connectivity index (χ0v) is 10.8. The van der Waals surface area contributed by atoms with E-state index in [0.717, 1.165) is 10.6 Å². The molecule has 5 heteroatoms. The van der Waals surface area contributed by atoms with Gasteiger partial charge in [0.2, 0.25) is 11.8 Å². The van der Waals surface area contributed by atoms with Gasteiger partial charge in [-0.3, -0.25) is 9.59 Å². The fourth-order valence-corrected chi connectivity index (χ4v) is 5.30. The zero-order chi connectivity index (χ0) is 13.2. The molecule has 0 aliphatic carbocycles. The first kappa shape index (κ1) is 11.3. The summed E-state index contributed by atoms with van der Waals surface area (Å²) in [6.45, 7) is 0. The Bertz CT molecular complexity index is 615. The molecule has 19 heavy (non-hydrogen) atoms. The van der Waals surface area contributed by atoms with Crippen LogP contribution in [0.1, 0.15) is 5.56 Å². The highest BCUT2D eigenvalue weighted by atomic mass is 32.2. The largest absolute Gasteiger partial charge is 0.273 e. The Morgan fingerprint density at radius 1 is 1.16 bits per heavy atom. The van der Waals surface area contributed by atoms with E-state index in [1.165, 1.54) is 0 Å². The van der Waals surface area contributed by atoms with Crippen molar-refractivity contribution in [1.29, 1.82) is 0 Å². The first-order valence-corrected chi connectivity index (χ1v) is 7.08. The highest BCUT2D eigenvalue weighted by Gasteiger charge is 2.67. The van der Waals surface area contributed by atoms with Crippen LogP contribution in [0.2, 0.25) is 0 Å². The summed E-state index contributed by atoms with van der Waals surface area (Å²) in [6, 6.07) is 9.89. The molecule has 4 nitrogen and oxygen atoms in total. The molecule has 0 spiro atoms. The number of imide groups is 1. The minimum Gasteiger partial charge on any atom is -0.273 e. The molecule has 96 valence electrons. The average Bonchev–Trinajstić information content (AvgIpc) is 3.08. The van der Waals surface area contributed by atoms with E-state index in [9.17, 15) is 9.59 Å². The maximum atomic E-state index is 12.3. The van der Waals surface area contributed by atoms with Gasteiger partial charge in [-0.25, -0.2) is 10.9 Å². The fraction of sp³-hybridized carbons (Fsp3) is 0.286. The molecule has 3 aliphatic heterocycles. The Morgan fingerprint density at radius 3 is 2.63 bits per heavy atom. The van der Waals surface area contributed by atoms with Crippen LogP contribution in [0.25, 0.3) is 0 Å². The molecule has 2 amide bonds. The lowest BCUT2D eigenvalue weighted by atomic mass is 9.74. The number of hydrogen-bond donors (Lipinski definition) is 1. The van der Waals surface area contributed by atoms with E-state index in [1.54, 1.807) is 11.8 Å². The van der Waals surface area contributed by atoms with Gasteiger partial charge in [-0.15, -0.1) is 11.8 Å². The van der Waals surface area contributed by atoms with Crippen molar-refractivity contribution in [3.63, 3.8) is 0 Å². The fourth-order valence-electron chi connectivity index (χ4n) is 3.45. The number of hydrazine groups is 1. The predicted octanol–water partition coefficient (Wildman–Crippen LogP) is 1.04. The molecule has 4 atom stereocenters. The van der Waals surface area contributed by atoms with Gasteiger partial charge in [-0.1, -0.05) is 42.5 Å². The Labute approximate surface area is 114 Å². The third kappa shape index (κ3) is 1.19. The number of rotatable bonds is 1. The zero-order valence-electron chi connectivity index (χ0n) is 10.0. The molecule has 4 unspecified atom stereocenters. The minimum absolute atomic E-state index is 0.0650. The van der Waals surface area contributed by atoms with Gasteiger partial charge < -0.3 is 0 Å². The van der Waals surface area contributed by atoms with Crippen LogP contribution in [0.5, 0.6) is 0 Å². The van der Waals surface area contributed by atoms with Gasteiger partial charge in [-0.2, -0.15) is 0 Å². The van der Waals surface area contributed by atoms with Gasteiger partial charge in [0.1, 0.15) is 0 Å². The summed E-state index contributed by atoms with van der Waals surface area (Å²) < 4.78 is -0.419. The summed E-state index contributed by atoms with van der Waals surface area (Å²) in [6.07, 6.45) is 4.12.